The number of urea groups is 1. The number of ether oxygens (including phenoxy) is 2. The number of nitrogens with one attached hydrogen (secondary N) is 2. The van der Waals surface area contributed by atoms with E-state index in [2.05, 4.69) is 10.6 Å². The summed E-state index contributed by atoms with van der Waals surface area (Å²) < 4.78 is 11.9. The van der Waals surface area contributed by atoms with Gasteiger partial charge in [-0.1, -0.05) is 24.3 Å². The van der Waals surface area contributed by atoms with E-state index in [1.165, 1.54) is 19.3 Å². The van der Waals surface area contributed by atoms with E-state index in [1.54, 1.807) is 36.1 Å². The van der Waals surface area contributed by atoms with Gasteiger partial charge in [-0.2, -0.15) is 0 Å². The minimum absolute atomic E-state index is 0.0436. The molecule has 3 aromatic rings. The third-order valence-electron chi connectivity index (χ3n) is 5.47. The molecule has 0 atom stereocenters. The number of aromatic nitrogens is 1. The maximum Gasteiger partial charge on any atom is 0.335 e. The van der Waals surface area contributed by atoms with E-state index in [0.29, 0.717) is 24.5 Å². The van der Waals surface area contributed by atoms with Gasteiger partial charge in [0.15, 0.2) is 0 Å². The van der Waals surface area contributed by atoms with Crippen LogP contribution < -0.4 is 20.3 Å². The number of fused-ring (bicyclic) bond motifs is 1. The summed E-state index contributed by atoms with van der Waals surface area (Å²) in [6, 6.07) is 12.9. The second-order valence-corrected chi connectivity index (χ2v) is 7.73. The topological polar surface area (TPSA) is 119 Å². The molecule has 0 spiro atoms. The lowest BCUT2D eigenvalue weighted by atomic mass is 10.1. The van der Waals surface area contributed by atoms with E-state index in [0.717, 1.165) is 15.8 Å². The molecule has 10 nitrogen and oxygen atoms in total. The summed E-state index contributed by atoms with van der Waals surface area (Å²) in [5.41, 5.74) is 1.37. The Morgan fingerprint density at radius 3 is 2.66 bits per heavy atom. The van der Waals surface area contributed by atoms with Crippen LogP contribution in [-0.4, -0.2) is 55.7 Å². The maximum absolute atomic E-state index is 13.3. The first-order valence-corrected chi connectivity index (χ1v) is 10.8. The molecule has 1 aliphatic heterocycles. The Morgan fingerprint density at radius 1 is 1.09 bits per heavy atom. The lowest BCUT2D eigenvalue weighted by Gasteiger charge is -2.26. The van der Waals surface area contributed by atoms with Gasteiger partial charge in [0, 0.05) is 42.4 Å². The smallest absolute Gasteiger partial charge is 0.335 e. The second-order valence-electron chi connectivity index (χ2n) is 7.73. The van der Waals surface area contributed by atoms with Crippen LogP contribution in [0.5, 0.6) is 5.75 Å². The van der Waals surface area contributed by atoms with Gasteiger partial charge in [-0.15, -0.1) is 0 Å². The SMILES string of the molecule is COCCNC(=O)Cn1cc(C=C2C(=O)NC(=O)N(c3cccc(OC)c3)C2=O)c2ccccc21. The van der Waals surface area contributed by atoms with Crippen LogP contribution in [-0.2, 0) is 25.7 Å². The standard InChI is InChI=1S/C25H24N4O6/c1-34-11-10-26-22(30)15-28-14-16(19-8-3-4-9-21(19)28)12-20-23(31)27-25(33)29(24(20)32)17-6-5-7-18(13-17)35-2/h3-9,12-14H,10-11,15H2,1-2H3,(H,26,30)(H,27,31,33). The summed E-state index contributed by atoms with van der Waals surface area (Å²) in [6.07, 6.45) is 3.12. The number of hydrogen-bond acceptors (Lipinski definition) is 6. The largest absolute Gasteiger partial charge is 0.497 e. The highest BCUT2D eigenvalue weighted by Gasteiger charge is 2.37. The number of anilines is 1. The number of amides is 5. The molecule has 0 radical (unpaired) electrons. The number of imide groups is 2. The quantitative estimate of drug-likeness (QED) is 0.292. The van der Waals surface area contributed by atoms with Gasteiger partial charge >= 0.3 is 6.03 Å². The van der Waals surface area contributed by atoms with E-state index < -0.39 is 17.8 Å². The molecular formula is C25H24N4O6. The zero-order chi connectivity index (χ0) is 24.9. The van der Waals surface area contributed by atoms with E-state index in [4.69, 9.17) is 9.47 Å². The van der Waals surface area contributed by atoms with Crippen LogP contribution >= 0.6 is 0 Å². The van der Waals surface area contributed by atoms with Gasteiger partial charge in [0.1, 0.15) is 17.9 Å². The number of methoxy groups -OCH3 is 2. The first kappa shape index (κ1) is 23.7. The van der Waals surface area contributed by atoms with Gasteiger partial charge < -0.3 is 19.4 Å². The molecule has 0 unspecified atom stereocenters. The highest BCUT2D eigenvalue weighted by Crippen LogP contribution is 2.28. The summed E-state index contributed by atoms with van der Waals surface area (Å²) in [5, 5.41) is 5.73. The Labute approximate surface area is 201 Å². The summed E-state index contributed by atoms with van der Waals surface area (Å²) in [6.45, 7) is 0.825. The molecule has 0 saturated carbocycles. The average Bonchev–Trinajstić information content (AvgIpc) is 3.19. The van der Waals surface area contributed by atoms with Crippen molar-refractivity contribution in [2.75, 3.05) is 32.3 Å². The fraction of sp³-hybridized carbons (Fsp3) is 0.200. The first-order valence-electron chi connectivity index (χ1n) is 10.8. The van der Waals surface area contributed by atoms with Crippen molar-refractivity contribution in [3.05, 3.63) is 65.9 Å². The predicted octanol–water partition coefficient (Wildman–Crippen LogP) is 2.08. The molecule has 4 rings (SSSR count). The number of nitrogens with zero attached hydrogens (tertiary/aromatic N) is 2. The zero-order valence-corrected chi connectivity index (χ0v) is 19.2. The summed E-state index contributed by atoms with van der Waals surface area (Å²) in [5.74, 6) is -1.31. The van der Waals surface area contributed by atoms with Crippen molar-refractivity contribution in [1.29, 1.82) is 0 Å². The Kier molecular flexibility index (Phi) is 6.93. The number of rotatable bonds is 8. The molecule has 35 heavy (non-hydrogen) atoms. The molecule has 1 aliphatic rings. The second kappa shape index (κ2) is 10.2. The van der Waals surface area contributed by atoms with Gasteiger partial charge in [0.25, 0.3) is 11.8 Å². The Morgan fingerprint density at radius 2 is 1.89 bits per heavy atom. The lowest BCUT2D eigenvalue weighted by Crippen LogP contribution is -2.54. The van der Waals surface area contributed by atoms with Gasteiger partial charge in [-0.05, 0) is 24.3 Å². The minimum atomic E-state index is -0.847. The molecule has 2 N–H and O–H groups in total. The summed E-state index contributed by atoms with van der Waals surface area (Å²) >= 11 is 0. The van der Waals surface area contributed by atoms with Crippen LogP contribution in [0.2, 0.25) is 0 Å². The first-order chi connectivity index (χ1) is 16.9. The van der Waals surface area contributed by atoms with Crippen molar-refractivity contribution in [2.24, 2.45) is 0 Å². The van der Waals surface area contributed by atoms with Crippen LogP contribution in [0.4, 0.5) is 10.5 Å². The molecule has 2 aromatic carbocycles. The van der Waals surface area contributed by atoms with Gasteiger partial charge in [0.2, 0.25) is 5.91 Å². The van der Waals surface area contributed by atoms with Crippen molar-refractivity contribution in [3.63, 3.8) is 0 Å². The van der Waals surface area contributed by atoms with E-state index >= 15 is 0 Å². The van der Waals surface area contributed by atoms with Gasteiger partial charge in [-0.25, -0.2) is 9.69 Å². The highest BCUT2D eigenvalue weighted by molar-refractivity contribution is 6.39. The molecule has 0 bridgehead atoms. The summed E-state index contributed by atoms with van der Waals surface area (Å²) in [4.78, 5) is 51.6. The van der Waals surface area contributed by atoms with Crippen molar-refractivity contribution >= 4 is 46.4 Å². The molecule has 1 aromatic heterocycles. The van der Waals surface area contributed by atoms with Gasteiger partial charge in [0.05, 0.1) is 19.4 Å². The van der Waals surface area contributed by atoms with Crippen molar-refractivity contribution in [2.45, 2.75) is 6.54 Å². The molecule has 5 amide bonds. The fourth-order valence-corrected chi connectivity index (χ4v) is 3.82. The van der Waals surface area contributed by atoms with Crippen LogP contribution in [0.1, 0.15) is 5.56 Å². The Hall–Kier alpha value is -4.44. The Bertz CT molecular complexity index is 1340. The number of para-hydroxylation sites is 1. The monoisotopic (exact) mass is 476 g/mol. The molecular weight excluding hydrogens is 452 g/mol. The average molecular weight is 476 g/mol. The maximum atomic E-state index is 13.3. The van der Waals surface area contributed by atoms with Crippen molar-refractivity contribution < 1.29 is 28.7 Å². The molecule has 1 fully saturated rings. The van der Waals surface area contributed by atoms with E-state index in [1.807, 2.05) is 24.3 Å². The van der Waals surface area contributed by atoms with Crippen LogP contribution in [0.15, 0.2) is 60.3 Å². The zero-order valence-electron chi connectivity index (χ0n) is 19.2. The third kappa shape index (κ3) is 4.92. The van der Waals surface area contributed by atoms with Crippen LogP contribution in [0.25, 0.3) is 17.0 Å². The molecule has 10 heteroatoms. The van der Waals surface area contributed by atoms with Gasteiger partial charge in [-0.3, -0.25) is 19.7 Å². The third-order valence-corrected chi connectivity index (χ3v) is 5.47. The van der Waals surface area contributed by atoms with E-state index in [-0.39, 0.29) is 23.7 Å². The van der Waals surface area contributed by atoms with Crippen molar-refractivity contribution in [3.8, 4) is 5.75 Å². The predicted molar refractivity (Wildman–Crippen MR) is 129 cm³/mol. The lowest BCUT2D eigenvalue weighted by molar-refractivity contribution is -0.123. The minimum Gasteiger partial charge on any atom is -0.497 e. The fourth-order valence-electron chi connectivity index (χ4n) is 3.82. The molecule has 180 valence electrons. The molecule has 1 saturated heterocycles. The Balaban J connectivity index is 1.69. The number of carbonyl (C=O) groups excluding carboxylic acids is 4. The molecule has 0 aliphatic carbocycles. The number of carbonyl (C=O) groups is 4. The number of benzene rings is 2. The summed E-state index contributed by atoms with van der Waals surface area (Å²) in [7, 11) is 3.02. The normalized spacial score (nSPS) is 15.0. The highest BCUT2D eigenvalue weighted by atomic mass is 16.5. The van der Waals surface area contributed by atoms with Crippen LogP contribution in [0, 0.1) is 0 Å². The van der Waals surface area contributed by atoms with E-state index in [9.17, 15) is 19.2 Å². The van der Waals surface area contributed by atoms with Crippen molar-refractivity contribution in [1.82, 2.24) is 15.2 Å². The number of hydrogen-bond donors (Lipinski definition) is 2. The number of barbiturate groups is 1. The van der Waals surface area contributed by atoms with Crippen LogP contribution in [0.3, 0.4) is 0 Å². The molecule has 2 heterocycles.